The first-order chi connectivity index (χ1) is 19.4. The molecule has 5 atom stereocenters. The highest BCUT2D eigenvalue weighted by atomic mass is 35.5. The molecule has 2 saturated heterocycles. The summed E-state index contributed by atoms with van der Waals surface area (Å²) in [5.41, 5.74) is -0.567. The number of nitrogens with one attached hydrogen (secondary N) is 2. The molecule has 3 aliphatic heterocycles. The van der Waals surface area contributed by atoms with Crippen LogP contribution in [-0.4, -0.2) is 77.5 Å². The summed E-state index contributed by atoms with van der Waals surface area (Å²) < 4.78 is 6.48. The first-order valence-electron chi connectivity index (χ1n) is 15.1. The van der Waals surface area contributed by atoms with Crippen LogP contribution in [0.25, 0.3) is 0 Å². The highest BCUT2D eigenvalue weighted by Gasteiger charge is 2.72. The maximum atomic E-state index is 14.1. The van der Waals surface area contributed by atoms with Crippen molar-refractivity contribution in [1.82, 2.24) is 15.1 Å². The van der Waals surface area contributed by atoms with Crippen molar-refractivity contribution in [3.05, 3.63) is 41.4 Å². The average molecular weight is 571 g/mol. The van der Waals surface area contributed by atoms with E-state index in [1.54, 1.807) is 29.2 Å². The number of hydrogen-bond donors (Lipinski definition) is 2. The molecule has 4 aliphatic rings. The minimum atomic E-state index is -1.14. The van der Waals surface area contributed by atoms with Gasteiger partial charge < -0.3 is 25.2 Å². The number of hydrogen-bond acceptors (Lipinski definition) is 5. The van der Waals surface area contributed by atoms with Crippen LogP contribution in [0.1, 0.15) is 65.2 Å². The van der Waals surface area contributed by atoms with E-state index in [1.165, 1.54) is 6.42 Å². The molecule has 1 aromatic rings. The number of anilines is 1. The highest BCUT2D eigenvalue weighted by Crippen LogP contribution is 2.55. The van der Waals surface area contributed by atoms with Gasteiger partial charge in [0, 0.05) is 23.3 Å². The first-order valence-corrected chi connectivity index (χ1v) is 15.5. The van der Waals surface area contributed by atoms with Gasteiger partial charge in [-0.1, -0.05) is 62.9 Å². The molecule has 0 unspecified atom stereocenters. The second kappa shape index (κ2) is 12.6. The lowest BCUT2D eigenvalue weighted by Crippen LogP contribution is -2.56. The largest absolute Gasteiger partial charge is 0.359 e. The van der Waals surface area contributed by atoms with Crippen LogP contribution < -0.4 is 10.6 Å². The third-order valence-corrected chi connectivity index (χ3v) is 9.16. The molecule has 1 saturated carbocycles. The molecular formula is C31H43ClN4O4. The summed E-state index contributed by atoms with van der Waals surface area (Å²) in [6.45, 7) is 7.69. The summed E-state index contributed by atoms with van der Waals surface area (Å²) in [4.78, 5) is 45.8. The molecule has 8 nitrogen and oxygen atoms in total. The van der Waals surface area contributed by atoms with E-state index in [-0.39, 0.29) is 23.8 Å². The molecule has 3 amide bonds. The Hall–Kier alpha value is -2.42. The molecule has 0 radical (unpaired) electrons. The van der Waals surface area contributed by atoms with Crippen molar-refractivity contribution >= 4 is 35.0 Å². The van der Waals surface area contributed by atoms with Crippen molar-refractivity contribution in [3.63, 3.8) is 0 Å². The van der Waals surface area contributed by atoms with E-state index in [4.69, 9.17) is 16.3 Å². The Morgan fingerprint density at radius 3 is 2.55 bits per heavy atom. The van der Waals surface area contributed by atoms with Gasteiger partial charge in [0.15, 0.2) is 0 Å². The van der Waals surface area contributed by atoms with Gasteiger partial charge in [-0.2, -0.15) is 0 Å². The molecular weight excluding hydrogens is 528 g/mol. The number of carbonyl (C=O) groups is 3. The van der Waals surface area contributed by atoms with E-state index in [9.17, 15) is 14.4 Å². The maximum Gasteiger partial charge on any atom is 0.246 e. The number of likely N-dealkylation sites (tertiary alicyclic amines) is 1. The van der Waals surface area contributed by atoms with E-state index < -0.39 is 29.6 Å². The summed E-state index contributed by atoms with van der Waals surface area (Å²) >= 11 is 6.13. The fourth-order valence-electron chi connectivity index (χ4n) is 7.26. The van der Waals surface area contributed by atoms with Gasteiger partial charge in [0.05, 0.1) is 17.9 Å². The third kappa shape index (κ3) is 5.68. The van der Waals surface area contributed by atoms with E-state index in [0.717, 1.165) is 64.6 Å². The smallest absolute Gasteiger partial charge is 0.246 e. The topological polar surface area (TPSA) is 91.0 Å². The molecule has 3 heterocycles. The maximum absolute atomic E-state index is 14.1. The molecule has 1 aromatic carbocycles. The van der Waals surface area contributed by atoms with Crippen molar-refractivity contribution in [2.24, 2.45) is 11.8 Å². The minimum Gasteiger partial charge on any atom is -0.359 e. The number of ether oxygens (including phenoxy) is 1. The molecule has 1 aliphatic carbocycles. The highest BCUT2D eigenvalue weighted by molar-refractivity contribution is 6.30. The molecule has 2 bridgehead atoms. The molecule has 2 N–H and O–H groups in total. The Labute approximate surface area is 242 Å². The van der Waals surface area contributed by atoms with Crippen LogP contribution in [0.4, 0.5) is 5.69 Å². The molecule has 9 heteroatoms. The lowest BCUT2D eigenvalue weighted by molar-refractivity contribution is -0.141. The predicted octanol–water partition coefficient (Wildman–Crippen LogP) is 4.39. The lowest BCUT2D eigenvalue weighted by atomic mass is 9.74. The Morgan fingerprint density at radius 2 is 1.85 bits per heavy atom. The fourth-order valence-corrected chi connectivity index (χ4v) is 7.45. The lowest BCUT2D eigenvalue weighted by Gasteiger charge is -2.34. The molecule has 3 fully saturated rings. The molecule has 0 aromatic heterocycles. The third-order valence-electron chi connectivity index (χ3n) is 8.92. The Morgan fingerprint density at radius 1 is 1.10 bits per heavy atom. The zero-order valence-corrected chi connectivity index (χ0v) is 24.5. The number of nitrogens with zero attached hydrogens (tertiary/aromatic N) is 2. The van der Waals surface area contributed by atoms with Crippen LogP contribution in [0.3, 0.4) is 0 Å². The standard InChI is InChI=1S/C31H43ClN4O4/c1-3-16-35(17-4-2)18-9-19-36-27(29(38)33-22-11-6-5-7-12-22)31-15-14-24(40-31)25(26(31)30(36)39)28(37)34-23-13-8-10-21(32)20-23/h8,10,13-15,20,22,24-27H,3-7,9,11-12,16-19H2,1-2H3,(H,33,38)(H,34,37)/t24-,25-,26-,27-,31-/m0/s1. The van der Waals surface area contributed by atoms with Gasteiger partial charge >= 0.3 is 0 Å². The van der Waals surface area contributed by atoms with Gasteiger partial charge in [0.25, 0.3) is 0 Å². The predicted molar refractivity (Wildman–Crippen MR) is 156 cm³/mol. The summed E-state index contributed by atoms with van der Waals surface area (Å²) in [7, 11) is 0. The Kier molecular flexibility index (Phi) is 9.18. The van der Waals surface area contributed by atoms with Crippen LogP contribution in [0, 0.1) is 11.8 Å². The van der Waals surface area contributed by atoms with Crippen molar-refractivity contribution in [2.75, 3.05) is 31.5 Å². The summed E-state index contributed by atoms with van der Waals surface area (Å²) in [5.74, 6) is -2.08. The quantitative estimate of drug-likeness (QED) is 0.364. The van der Waals surface area contributed by atoms with E-state index in [1.807, 2.05) is 12.2 Å². The summed E-state index contributed by atoms with van der Waals surface area (Å²) in [6.07, 6.45) is 11.4. The summed E-state index contributed by atoms with van der Waals surface area (Å²) in [5, 5.41) is 6.71. The minimum absolute atomic E-state index is 0.114. The second-order valence-corrected chi connectivity index (χ2v) is 12.2. The van der Waals surface area contributed by atoms with Gasteiger partial charge in [-0.05, 0) is 69.9 Å². The number of amides is 3. The molecule has 218 valence electrons. The van der Waals surface area contributed by atoms with Gasteiger partial charge in [-0.3, -0.25) is 14.4 Å². The van der Waals surface area contributed by atoms with Crippen molar-refractivity contribution < 1.29 is 19.1 Å². The normalized spacial score (nSPS) is 29.3. The van der Waals surface area contributed by atoms with Gasteiger partial charge in [-0.15, -0.1) is 0 Å². The van der Waals surface area contributed by atoms with Crippen molar-refractivity contribution in [1.29, 1.82) is 0 Å². The van der Waals surface area contributed by atoms with E-state index >= 15 is 0 Å². The SMILES string of the molecule is CCCN(CCC)CCCN1C(=O)[C@@H]2[C@@H](C(=O)Nc3cccc(Cl)c3)[C@@H]3C=C[C@@]2(O3)[C@@H]1C(=O)NC1CCCCC1. The van der Waals surface area contributed by atoms with E-state index in [2.05, 4.69) is 29.4 Å². The number of fused-ring (bicyclic) bond motifs is 1. The molecule has 5 rings (SSSR count). The molecule has 40 heavy (non-hydrogen) atoms. The first kappa shape index (κ1) is 29.1. The fraction of sp³-hybridized carbons (Fsp3) is 0.645. The monoisotopic (exact) mass is 570 g/mol. The Balaban J connectivity index is 1.38. The Bertz CT molecular complexity index is 1120. The van der Waals surface area contributed by atoms with Gasteiger partial charge in [-0.25, -0.2) is 0 Å². The van der Waals surface area contributed by atoms with Gasteiger partial charge in [0.2, 0.25) is 17.7 Å². The second-order valence-electron chi connectivity index (χ2n) is 11.8. The number of benzene rings is 1. The van der Waals surface area contributed by atoms with Crippen LogP contribution in [0.15, 0.2) is 36.4 Å². The number of halogens is 1. The zero-order chi connectivity index (χ0) is 28.3. The zero-order valence-electron chi connectivity index (χ0n) is 23.7. The van der Waals surface area contributed by atoms with Crippen molar-refractivity contribution in [2.45, 2.75) is 89.0 Å². The van der Waals surface area contributed by atoms with Crippen LogP contribution in [0.5, 0.6) is 0 Å². The summed E-state index contributed by atoms with van der Waals surface area (Å²) in [6, 6.07) is 6.29. The van der Waals surface area contributed by atoms with Gasteiger partial charge in [0.1, 0.15) is 11.6 Å². The van der Waals surface area contributed by atoms with Crippen molar-refractivity contribution in [3.8, 4) is 0 Å². The van der Waals surface area contributed by atoms with Crippen LogP contribution in [-0.2, 0) is 19.1 Å². The number of rotatable bonds is 12. The van der Waals surface area contributed by atoms with E-state index in [0.29, 0.717) is 17.3 Å². The van der Waals surface area contributed by atoms with Crippen LogP contribution >= 0.6 is 11.6 Å². The molecule has 1 spiro atoms. The average Bonchev–Trinajstić information content (AvgIpc) is 3.57. The number of carbonyl (C=O) groups excluding carboxylic acids is 3. The van der Waals surface area contributed by atoms with Crippen LogP contribution in [0.2, 0.25) is 5.02 Å².